The molecule has 0 atom stereocenters. The Balaban J connectivity index is 1.88. The number of piperazine rings is 1. The van der Waals surface area contributed by atoms with Crippen LogP contribution in [-0.2, 0) is 16.1 Å². The van der Waals surface area contributed by atoms with E-state index in [0.717, 1.165) is 32.7 Å². The molecule has 2 N–H and O–H groups in total. The minimum atomic E-state index is -0.640. The van der Waals surface area contributed by atoms with Crippen molar-refractivity contribution in [3.63, 3.8) is 0 Å². The lowest BCUT2D eigenvalue weighted by atomic mass is 10.2. The molecule has 1 heterocycles. The van der Waals surface area contributed by atoms with Crippen LogP contribution in [0.5, 0.6) is 0 Å². The van der Waals surface area contributed by atoms with Gasteiger partial charge in [-0.05, 0) is 0 Å². The Kier molecular flexibility index (Phi) is 5.89. The van der Waals surface area contributed by atoms with Crippen LogP contribution in [0, 0.1) is 11.3 Å². The maximum Gasteiger partial charge on any atom is 0.269 e. The number of carbonyl (C=O) groups excluding carboxylic acids is 2. The zero-order chi connectivity index (χ0) is 16.7. The molecular weight excluding hydrogens is 292 g/mol. The molecule has 1 fully saturated rings. The molecule has 6 heteroatoms. The fraction of sp³-hybridized carbons (Fsp3) is 0.353. The monoisotopic (exact) mass is 313 g/mol. The molecule has 23 heavy (non-hydrogen) atoms. The molecule has 1 aromatic rings. The van der Waals surface area contributed by atoms with E-state index in [0.29, 0.717) is 0 Å². The van der Waals surface area contributed by atoms with E-state index in [-0.39, 0.29) is 5.57 Å². The summed E-state index contributed by atoms with van der Waals surface area (Å²) < 4.78 is 0. The lowest BCUT2D eigenvalue weighted by Crippen LogP contribution is -3.13. The molecule has 0 spiro atoms. The van der Waals surface area contributed by atoms with E-state index in [2.05, 4.69) is 17.4 Å². The standard InChI is InChI=1S/C17H20N4O2/c1-14(22)19-17(23)16(11-18)13-21-9-7-20(8-10-21)12-15-5-3-2-4-6-15/h2-6,13H,7-10,12H2,1H3,(H,19,22,23)/p+1/b16-13+. The summed E-state index contributed by atoms with van der Waals surface area (Å²) in [5.74, 6) is -1.10. The highest BCUT2D eigenvalue weighted by Gasteiger charge is 2.20. The number of carbonyl (C=O) groups is 2. The van der Waals surface area contributed by atoms with Crippen LogP contribution in [0.1, 0.15) is 12.5 Å². The molecule has 0 unspecified atom stereocenters. The second-order valence-corrected chi connectivity index (χ2v) is 5.61. The van der Waals surface area contributed by atoms with Crippen molar-refractivity contribution in [2.75, 3.05) is 26.2 Å². The van der Waals surface area contributed by atoms with Gasteiger partial charge in [0.15, 0.2) is 0 Å². The predicted molar refractivity (Wildman–Crippen MR) is 84.9 cm³/mol. The van der Waals surface area contributed by atoms with Gasteiger partial charge in [-0.15, -0.1) is 0 Å². The van der Waals surface area contributed by atoms with Gasteiger partial charge in [-0.3, -0.25) is 14.9 Å². The number of hydrogen-bond acceptors (Lipinski definition) is 4. The van der Waals surface area contributed by atoms with Gasteiger partial charge in [0.25, 0.3) is 5.91 Å². The Bertz CT molecular complexity index is 626. The lowest BCUT2D eigenvalue weighted by molar-refractivity contribution is -0.917. The smallest absolute Gasteiger partial charge is 0.269 e. The van der Waals surface area contributed by atoms with Crippen LogP contribution in [0.25, 0.3) is 0 Å². The van der Waals surface area contributed by atoms with E-state index in [9.17, 15) is 9.59 Å². The summed E-state index contributed by atoms with van der Waals surface area (Å²) >= 11 is 0. The van der Waals surface area contributed by atoms with Crippen molar-refractivity contribution in [2.24, 2.45) is 0 Å². The van der Waals surface area contributed by atoms with Crippen molar-refractivity contribution >= 4 is 11.8 Å². The van der Waals surface area contributed by atoms with Gasteiger partial charge < -0.3 is 9.80 Å². The average Bonchev–Trinajstić information content (AvgIpc) is 2.54. The van der Waals surface area contributed by atoms with E-state index >= 15 is 0 Å². The maximum absolute atomic E-state index is 11.7. The fourth-order valence-electron chi connectivity index (χ4n) is 2.58. The lowest BCUT2D eigenvalue weighted by Gasteiger charge is -2.31. The minimum absolute atomic E-state index is 0.0355. The van der Waals surface area contributed by atoms with Gasteiger partial charge in [0.05, 0.1) is 26.2 Å². The molecule has 1 saturated heterocycles. The van der Waals surface area contributed by atoms with Crippen LogP contribution >= 0.6 is 0 Å². The Morgan fingerprint density at radius 3 is 2.52 bits per heavy atom. The first kappa shape index (κ1) is 16.7. The first-order valence-corrected chi connectivity index (χ1v) is 7.64. The van der Waals surface area contributed by atoms with E-state index in [4.69, 9.17) is 5.26 Å². The topological polar surface area (TPSA) is 77.6 Å². The van der Waals surface area contributed by atoms with E-state index in [1.165, 1.54) is 17.4 Å². The summed E-state index contributed by atoms with van der Waals surface area (Å²) in [6, 6.07) is 12.2. The number of nitrogens with zero attached hydrogens (tertiary/aromatic N) is 2. The molecule has 0 aromatic heterocycles. The number of benzene rings is 1. The van der Waals surface area contributed by atoms with Crippen LogP contribution in [0.2, 0.25) is 0 Å². The summed E-state index contributed by atoms with van der Waals surface area (Å²) in [5, 5.41) is 11.2. The number of amides is 2. The van der Waals surface area contributed by atoms with Crippen molar-refractivity contribution in [2.45, 2.75) is 13.5 Å². The van der Waals surface area contributed by atoms with Gasteiger partial charge in [0.1, 0.15) is 18.2 Å². The van der Waals surface area contributed by atoms with Gasteiger partial charge in [-0.2, -0.15) is 5.26 Å². The van der Waals surface area contributed by atoms with Crippen LogP contribution in [0.15, 0.2) is 42.1 Å². The molecule has 2 rings (SSSR count). The molecular formula is C17H21N4O2+. The third-order valence-corrected chi connectivity index (χ3v) is 3.77. The Labute approximate surface area is 136 Å². The van der Waals surface area contributed by atoms with Gasteiger partial charge in [0, 0.05) is 18.7 Å². The summed E-state index contributed by atoms with van der Waals surface area (Å²) in [6.07, 6.45) is 1.55. The molecule has 1 aliphatic heterocycles. The molecule has 0 bridgehead atoms. The summed E-state index contributed by atoms with van der Waals surface area (Å²) in [7, 11) is 0. The normalized spacial score (nSPS) is 15.8. The quantitative estimate of drug-likeness (QED) is 0.578. The number of nitrogens with one attached hydrogen (secondary N) is 2. The van der Waals surface area contributed by atoms with Gasteiger partial charge in [-0.25, -0.2) is 0 Å². The second-order valence-electron chi connectivity index (χ2n) is 5.61. The summed E-state index contributed by atoms with van der Waals surface area (Å²) in [6.45, 7) is 5.67. The average molecular weight is 313 g/mol. The maximum atomic E-state index is 11.7. The van der Waals surface area contributed by atoms with Crippen LogP contribution in [0.4, 0.5) is 0 Å². The van der Waals surface area contributed by atoms with Crippen LogP contribution < -0.4 is 10.2 Å². The molecule has 6 nitrogen and oxygen atoms in total. The molecule has 2 amide bonds. The van der Waals surface area contributed by atoms with Crippen molar-refractivity contribution in [3.8, 4) is 6.07 Å². The minimum Gasteiger partial charge on any atom is -0.365 e. The highest BCUT2D eigenvalue weighted by molar-refractivity contribution is 6.05. The van der Waals surface area contributed by atoms with Crippen molar-refractivity contribution in [3.05, 3.63) is 47.7 Å². The first-order chi connectivity index (χ1) is 11.1. The van der Waals surface area contributed by atoms with E-state index in [1.807, 2.05) is 29.2 Å². The molecule has 1 aromatic carbocycles. The number of imide groups is 1. The van der Waals surface area contributed by atoms with Crippen molar-refractivity contribution in [1.82, 2.24) is 10.2 Å². The summed E-state index contributed by atoms with van der Waals surface area (Å²) in [5.41, 5.74) is 1.27. The molecule has 120 valence electrons. The second kappa shape index (κ2) is 8.11. The van der Waals surface area contributed by atoms with Crippen LogP contribution in [0.3, 0.4) is 0 Å². The fourth-order valence-corrected chi connectivity index (χ4v) is 2.58. The number of nitriles is 1. The zero-order valence-electron chi connectivity index (χ0n) is 13.2. The SMILES string of the molecule is CC(=O)NC(=O)/C(C#N)=C/N1CC[NH+](Cc2ccccc2)CC1. The first-order valence-electron chi connectivity index (χ1n) is 7.64. The Morgan fingerprint density at radius 2 is 1.96 bits per heavy atom. The molecule has 0 saturated carbocycles. The zero-order valence-corrected chi connectivity index (χ0v) is 13.2. The molecule has 0 radical (unpaired) electrons. The third-order valence-electron chi connectivity index (χ3n) is 3.77. The highest BCUT2D eigenvalue weighted by atomic mass is 16.2. The van der Waals surface area contributed by atoms with Gasteiger partial charge in [-0.1, -0.05) is 30.3 Å². The number of rotatable bonds is 4. The molecule has 1 aliphatic rings. The predicted octanol–water partition coefficient (Wildman–Crippen LogP) is -0.543. The largest absolute Gasteiger partial charge is 0.365 e. The highest BCUT2D eigenvalue weighted by Crippen LogP contribution is 2.00. The van der Waals surface area contributed by atoms with Crippen molar-refractivity contribution < 1.29 is 14.5 Å². The molecule has 0 aliphatic carbocycles. The van der Waals surface area contributed by atoms with Crippen molar-refractivity contribution in [1.29, 1.82) is 5.26 Å². The van der Waals surface area contributed by atoms with E-state index < -0.39 is 11.8 Å². The number of quaternary nitrogens is 1. The van der Waals surface area contributed by atoms with Gasteiger partial charge >= 0.3 is 0 Å². The number of hydrogen-bond donors (Lipinski definition) is 2. The van der Waals surface area contributed by atoms with Gasteiger partial charge in [0.2, 0.25) is 5.91 Å². The third kappa shape index (κ3) is 5.24. The van der Waals surface area contributed by atoms with Crippen LogP contribution in [-0.4, -0.2) is 42.9 Å². The Hall–Kier alpha value is -2.65. The summed E-state index contributed by atoms with van der Waals surface area (Å²) in [4.78, 5) is 26.1. The van der Waals surface area contributed by atoms with E-state index in [1.54, 1.807) is 6.20 Å². The Morgan fingerprint density at radius 1 is 1.30 bits per heavy atom.